The number of aryl methyl sites for hydroxylation is 1. The van der Waals surface area contributed by atoms with Gasteiger partial charge in [-0.3, -0.25) is 4.79 Å². The number of H-pyrrole nitrogens is 2. The first-order chi connectivity index (χ1) is 18.2. The summed E-state index contributed by atoms with van der Waals surface area (Å²) in [6.07, 6.45) is 5.55. The molecule has 6 rings (SSSR count). The van der Waals surface area contributed by atoms with Crippen molar-refractivity contribution in [2.45, 2.75) is 25.8 Å². The number of fused-ring (bicyclic) bond motifs is 2. The minimum Gasteiger partial charge on any atom is -0.361 e. The normalized spacial score (nSPS) is 11.4. The maximum Gasteiger partial charge on any atom is 0.223 e. The molecule has 0 spiro atoms. The molecule has 0 aliphatic heterocycles. The van der Waals surface area contributed by atoms with Crippen LogP contribution in [0.15, 0.2) is 97.3 Å². The van der Waals surface area contributed by atoms with Crippen LogP contribution in [0.25, 0.3) is 27.6 Å². The van der Waals surface area contributed by atoms with Gasteiger partial charge in [0.1, 0.15) is 5.82 Å². The Morgan fingerprint density at radius 2 is 1.65 bits per heavy atom. The third kappa shape index (κ3) is 4.89. The Morgan fingerprint density at radius 3 is 2.51 bits per heavy atom. The first-order valence-corrected chi connectivity index (χ1v) is 12.6. The van der Waals surface area contributed by atoms with Crippen LogP contribution in [0.3, 0.4) is 0 Å². The summed E-state index contributed by atoms with van der Waals surface area (Å²) >= 11 is 0. The standard InChI is InChI=1S/C30H28N6O/c37-30(15-14-29-33-27-12-6-7-13-28(27)34-29)35(19-17-22-20-31-26-11-5-4-10-25(22)26)21-24-16-18-32-36(24)23-8-2-1-3-9-23/h1-13,16,18,20,31H,14-15,17,19,21H2,(H,33,34). The smallest absolute Gasteiger partial charge is 0.223 e. The summed E-state index contributed by atoms with van der Waals surface area (Å²) in [6, 6.07) is 28.2. The van der Waals surface area contributed by atoms with Gasteiger partial charge in [0.25, 0.3) is 0 Å². The van der Waals surface area contributed by atoms with Gasteiger partial charge in [-0.25, -0.2) is 9.67 Å². The van der Waals surface area contributed by atoms with E-state index < -0.39 is 0 Å². The largest absolute Gasteiger partial charge is 0.361 e. The van der Waals surface area contributed by atoms with Crippen molar-refractivity contribution in [3.8, 4) is 5.69 Å². The van der Waals surface area contributed by atoms with Gasteiger partial charge in [0, 0.05) is 42.7 Å². The summed E-state index contributed by atoms with van der Waals surface area (Å²) < 4.78 is 1.91. The number of aromatic nitrogens is 5. The van der Waals surface area contributed by atoms with Gasteiger partial charge < -0.3 is 14.9 Å². The quantitative estimate of drug-likeness (QED) is 0.285. The van der Waals surface area contributed by atoms with Crippen LogP contribution in [0.2, 0.25) is 0 Å². The van der Waals surface area contributed by atoms with E-state index in [2.05, 4.69) is 38.4 Å². The van der Waals surface area contributed by atoms with E-state index in [9.17, 15) is 4.79 Å². The van der Waals surface area contributed by atoms with E-state index in [0.29, 0.717) is 25.9 Å². The maximum absolute atomic E-state index is 13.6. The average Bonchev–Trinajstić information content (AvgIpc) is 3.68. The molecule has 0 unspecified atom stereocenters. The number of para-hydroxylation sites is 4. The van der Waals surface area contributed by atoms with E-state index in [1.807, 2.05) is 82.4 Å². The minimum absolute atomic E-state index is 0.0982. The van der Waals surface area contributed by atoms with Crippen LogP contribution in [0, 0.1) is 0 Å². The van der Waals surface area contributed by atoms with Crippen LogP contribution < -0.4 is 0 Å². The molecule has 184 valence electrons. The summed E-state index contributed by atoms with van der Waals surface area (Å²) in [7, 11) is 0. The molecule has 7 nitrogen and oxygen atoms in total. The molecule has 0 saturated heterocycles. The molecule has 3 aromatic heterocycles. The highest BCUT2D eigenvalue weighted by Crippen LogP contribution is 2.20. The zero-order chi connectivity index (χ0) is 25.0. The van der Waals surface area contributed by atoms with Crippen LogP contribution >= 0.6 is 0 Å². The number of benzene rings is 3. The van der Waals surface area contributed by atoms with Crippen molar-refractivity contribution in [2.75, 3.05) is 6.54 Å². The van der Waals surface area contributed by atoms with Crippen molar-refractivity contribution >= 4 is 27.8 Å². The summed E-state index contributed by atoms with van der Waals surface area (Å²) in [5, 5.41) is 5.73. The predicted molar refractivity (Wildman–Crippen MR) is 145 cm³/mol. The van der Waals surface area contributed by atoms with Crippen molar-refractivity contribution in [3.63, 3.8) is 0 Å². The summed E-state index contributed by atoms with van der Waals surface area (Å²) in [5.41, 5.74) is 6.20. The van der Waals surface area contributed by atoms with Gasteiger partial charge in [-0.05, 0) is 48.4 Å². The van der Waals surface area contributed by atoms with E-state index in [0.717, 1.165) is 40.2 Å². The second-order valence-corrected chi connectivity index (χ2v) is 9.20. The van der Waals surface area contributed by atoms with Crippen molar-refractivity contribution < 1.29 is 4.79 Å². The number of imidazole rings is 1. The number of aromatic amines is 2. The Balaban J connectivity index is 1.22. The second-order valence-electron chi connectivity index (χ2n) is 9.20. The fourth-order valence-electron chi connectivity index (χ4n) is 4.84. The fraction of sp³-hybridized carbons (Fsp3) is 0.167. The molecular formula is C30H28N6O. The van der Waals surface area contributed by atoms with E-state index >= 15 is 0 Å². The Hall–Kier alpha value is -4.65. The molecule has 0 fully saturated rings. The molecule has 3 aromatic carbocycles. The molecule has 2 N–H and O–H groups in total. The highest BCUT2D eigenvalue weighted by atomic mass is 16.2. The van der Waals surface area contributed by atoms with Crippen molar-refractivity contribution in [1.82, 2.24) is 29.6 Å². The zero-order valence-corrected chi connectivity index (χ0v) is 20.5. The molecule has 3 heterocycles. The molecular weight excluding hydrogens is 460 g/mol. The van der Waals surface area contributed by atoms with Crippen molar-refractivity contribution in [2.24, 2.45) is 0 Å². The highest BCUT2D eigenvalue weighted by molar-refractivity contribution is 5.83. The monoisotopic (exact) mass is 488 g/mol. The number of nitrogens with one attached hydrogen (secondary N) is 2. The van der Waals surface area contributed by atoms with Crippen molar-refractivity contribution in [3.05, 3.63) is 114 Å². The Morgan fingerprint density at radius 1 is 0.865 bits per heavy atom. The number of carbonyl (C=O) groups excluding carboxylic acids is 1. The number of hydrogen-bond acceptors (Lipinski definition) is 3. The van der Waals surface area contributed by atoms with E-state index in [1.165, 1.54) is 10.9 Å². The molecule has 37 heavy (non-hydrogen) atoms. The van der Waals surface area contributed by atoms with Crippen molar-refractivity contribution in [1.29, 1.82) is 0 Å². The lowest BCUT2D eigenvalue weighted by Gasteiger charge is -2.23. The van der Waals surface area contributed by atoms with E-state index in [-0.39, 0.29) is 5.91 Å². The van der Waals surface area contributed by atoms with Crippen LogP contribution in [0.5, 0.6) is 0 Å². The van der Waals surface area contributed by atoms with Crippen LogP contribution in [0.4, 0.5) is 0 Å². The summed E-state index contributed by atoms with van der Waals surface area (Å²) in [5.74, 6) is 0.932. The molecule has 0 radical (unpaired) electrons. The Labute approximate surface area is 214 Å². The fourth-order valence-corrected chi connectivity index (χ4v) is 4.84. The molecule has 0 bridgehead atoms. The summed E-state index contributed by atoms with van der Waals surface area (Å²) in [6.45, 7) is 1.09. The third-order valence-electron chi connectivity index (χ3n) is 6.77. The van der Waals surface area contributed by atoms with Gasteiger partial charge in [-0.2, -0.15) is 5.10 Å². The van der Waals surface area contributed by atoms with Gasteiger partial charge >= 0.3 is 0 Å². The molecule has 6 aromatic rings. The van der Waals surface area contributed by atoms with Gasteiger partial charge in [0.2, 0.25) is 5.91 Å². The van der Waals surface area contributed by atoms with Crippen LogP contribution in [0.1, 0.15) is 23.5 Å². The highest BCUT2D eigenvalue weighted by Gasteiger charge is 2.18. The lowest BCUT2D eigenvalue weighted by molar-refractivity contribution is -0.131. The Kier molecular flexibility index (Phi) is 6.25. The number of amides is 1. The van der Waals surface area contributed by atoms with Crippen LogP contribution in [-0.2, 0) is 24.2 Å². The molecule has 0 aliphatic carbocycles. The number of carbonyl (C=O) groups is 1. The SMILES string of the molecule is O=C(CCc1nc2ccccc2[nH]1)N(CCc1c[nH]c2ccccc12)Cc1ccnn1-c1ccccc1. The van der Waals surface area contributed by atoms with E-state index in [1.54, 1.807) is 6.20 Å². The number of rotatable bonds is 9. The predicted octanol–water partition coefficient (Wildman–Crippen LogP) is 5.43. The number of hydrogen-bond donors (Lipinski definition) is 2. The topological polar surface area (TPSA) is 82.6 Å². The molecule has 0 saturated carbocycles. The minimum atomic E-state index is 0.0982. The second kappa shape index (κ2) is 10.1. The van der Waals surface area contributed by atoms with E-state index in [4.69, 9.17) is 0 Å². The zero-order valence-electron chi connectivity index (χ0n) is 20.5. The van der Waals surface area contributed by atoms with Gasteiger partial charge in [0.15, 0.2) is 0 Å². The lowest BCUT2D eigenvalue weighted by atomic mass is 10.1. The molecule has 0 aliphatic rings. The maximum atomic E-state index is 13.6. The molecule has 7 heteroatoms. The van der Waals surface area contributed by atoms with Gasteiger partial charge in [-0.1, -0.05) is 48.5 Å². The third-order valence-corrected chi connectivity index (χ3v) is 6.77. The van der Waals surface area contributed by atoms with Gasteiger partial charge in [-0.15, -0.1) is 0 Å². The summed E-state index contributed by atoms with van der Waals surface area (Å²) in [4.78, 5) is 26.9. The first kappa shape index (κ1) is 22.8. The van der Waals surface area contributed by atoms with Crippen LogP contribution in [-0.4, -0.2) is 42.1 Å². The molecule has 1 amide bonds. The first-order valence-electron chi connectivity index (χ1n) is 12.6. The number of nitrogens with zero attached hydrogens (tertiary/aromatic N) is 4. The van der Waals surface area contributed by atoms with Gasteiger partial charge in [0.05, 0.1) is 29.0 Å². The molecule has 0 atom stereocenters. The Bertz CT molecular complexity index is 1610. The lowest BCUT2D eigenvalue weighted by Crippen LogP contribution is -2.33. The average molecular weight is 489 g/mol.